The topological polar surface area (TPSA) is 54.4 Å². The minimum atomic E-state index is -0.316. The number of morpholine rings is 1. The number of ether oxygens (including phenoxy) is 2. The van der Waals surface area contributed by atoms with Gasteiger partial charge in [-0.05, 0) is 50.1 Å². The molecule has 0 aromatic carbocycles. The van der Waals surface area contributed by atoms with Crippen molar-refractivity contribution < 1.29 is 19.4 Å². The SMILES string of the molecule is CON1C=C(Br)C23CC(CCN4CCOCC4)CCC2OC2=C3C(C[C@@H](O)C2)C1. The molecule has 0 aromatic heterocycles. The molecule has 0 radical (unpaired) electrons. The maximum absolute atomic E-state index is 10.5. The van der Waals surface area contributed by atoms with E-state index in [0.717, 1.165) is 64.4 Å². The largest absolute Gasteiger partial charge is 0.493 e. The van der Waals surface area contributed by atoms with Gasteiger partial charge in [0.1, 0.15) is 6.10 Å². The van der Waals surface area contributed by atoms with Crippen molar-refractivity contribution in [2.75, 3.05) is 46.5 Å². The molecule has 1 saturated heterocycles. The van der Waals surface area contributed by atoms with Crippen LogP contribution in [0.4, 0.5) is 0 Å². The molecule has 5 aliphatic rings. The van der Waals surface area contributed by atoms with E-state index >= 15 is 0 Å². The molecular weight excluding hydrogens is 436 g/mol. The van der Waals surface area contributed by atoms with Crippen molar-refractivity contribution >= 4 is 15.9 Å². The molecule has 6 nitrogen and oxygen atoms in total. The Morgan fingerprint density at radius 2 is 2.14 bits per heavy atom. The van der Waals surface area contributed by atoms with E-state index in [9.17, 15) is 5.11 Å². The predicted molar refractivity (Wildman–Crippen MR) is 113 cm³/mol. The molecule has 162 valence electrons. The van der Waals surface area contributed by atoms with Crippen LogP contribution in [0.3, 0.4) is 0 Å². The van der Waals surface area contributed by atoms with Crippen molar-refractivity contribution in [3.05, 3.63) is 22.0 Å². The van der Waals surface area contributed by atoms with Gasteiger partial charge in [0.15, 0.2) is 0 Å². The molecule has 1 spiro atoms. The summed E-state index contributed by atoms with van der Waals surface area (Å²) in [7, 11) is 1.73. The highest BCUT2D eigenvalue weighted by molar-refractivity contribution is 9.11. The lowest BCUT2D eigenvalue weighted by atomic mass is 9.60. The lowest BCUT2D eigenvalue weighted by molar-refractivity contribution is -0.0968. The predicted octanol–water partition coefficient (Wildman–Crippen LogP) is 3.03. The fourth-order valence-electron chi connectivity index (χ4n) is 6.36. The Morgan fingerprint density at radius 1 is 1.31 bits per heavy atom. The Bertz CT molecular complexity index is 692. The molecule has 0 amide bonds. The lowest BCUT2D eigenvalue weighted by Gasteiger charge is -2.44. The number of aliphatic hydroxyl groups excluding tert-OH is 1. The van der Waals surface area contributed by atoms with Crippen LogP contribution >= 0.6 is 15.9 Å². The number of aliphatic hydroxyl groups is 1. The van der Waals surface area contributed by atoms with E-state index in [1.54, 1.807) is 7.11 Å². The van der Waals surface area contributed by atoms with E-state index in [-0.39, 0.29) is 23.5 Å². The summed E-state index contributed by atoms with van der Waals surface area (Å²) in [4.78, 5) is 8.18. The van der Waals surface area contributed by atoms with Crippen molar-refractivity contribution in [2.24, 2.45) is 17.3 Å². The standard InChI is InChI=1S/C22H33BrN2O4/c1-27-25-13-16-10-17(26)11-18-21(16)22(19(23)14-25)12-15(2-3-20(22)29-18)4-5-24-6-8-28-9-7-24/h14-17,20,26H,2-13H2,1H3/t15?,16?,17-,20?,22?/m1/s1. The van der Waals surface area contributed by atoms with Gasteiger partial charge < -0.3 is 14.6 Å². The molecule has 3 aliphatic heterocycles. The monoisotopic (exact) mass is 468 g/mol. The third kappa shape index (κ3) is 3.57. The molecule has 29 heavy (non-hydrogen) atoms. The normalized spacial score (nSPS) is 40.1. The van der Waals surface area contributed by atoms with E-state index in [4.69, 9.17) is 14.3 Å². The van der Waals surface area contributed by atoms with E-state index in [1.165, 1.54) is 22.9 Å². The summed E-state index contributed by atoms with van der Waals surface area (Å²) in [6.07, 6.45) is 8.12. The highest BCUT2D eigenvalue weighted by Crippen LogP contribution is 2.63. The zero-order valence-electron chi connectivity index (χ0n) is 17.3. The van der Waals surface area contributed by atoms with Crippen LogP contribution < -0.4 is 0 Å². The van der Waals surface area contributed by atoms with E-state index in [0.29, 0.717) is 12.3 Å². The van der Waals surface area contributed by atoms with Crippen LogP contribution in [0.15, 0.2) is 22.0 Å². The lowest BCUT2D eigenvalue weighted by Crippen LogP contribution is -2.43. The molecule has 2 fully saturated rings. The molecule has 7 heteroatoms. The number of hydrogen-bond donors (Lipinski definition) is 1. The van der Waals surface area contributed by atoms with Gasteiger partial charge in [-0.15, -0.1) is 0 Å². The number of nitrogens with zero attached hydrogens (tertiary/aromatic N) is 2. The molecule has 5 atom stereocenters. The van der Waals surface area contributed by atoms with Crippen LogP contribution in [-0.4, -0.2) is 73.8 Å². The van der Waals surface area contributed by atoms with Crippen molar-refractivity contribution in [2.45, 2.75) is 50.7 Å². The second-order valence-corrected chi connectivity index (χ2v) is 10.2. The molecule has 5 rings (SSSR count). The van der Waals surface area contributed by atoms with Gasteiger partial charge in [-0.1, -0.05) is 15.9 Å². The molecule has 1 saturated carbocycles. The van der Waals surface area contributed by atoms with E-state index in [2.05, 4.69) is 27.0 Å². The summed E-state index contributed by atoms with van der Waals surface area (Å²) in [6, 6.07) is 0. The van der Waals surface area contributed by atoms with E-state index < -0.39 is 0 Å². The van der Waals surface area contributed by atoms with Crippen LogP contribution in [0.25, 0.3) is 0 Å². The Labute approximate surface area is 181 Å². The van der Waals surface area contributed by atoms with Gasteiger partial charge in [-0.3, -0.25) is 14.8 Å². The fourth-order valence-corrected chi connectivity index (χ4v) is 7.22. The summed E-state index contributed by atoms with van der Waals surface area (Å²) in [6.45, 7) is 5.79. The first kappa shape index (κ1) is 20.3. The average Bonchev–Trinajstić information content (AvgIpc) is 3.00. The summed E-state index contributed by atoms with van der Waals surface area (Å²) >= 11 is 3.97. The minimum Gasteiger partial charge on any atom is -0.493 e. The highest BCUT2D eigenvalue weighted by atomic mass is 79.9. The van der Waals surface area contributed by atoms with E-state index in [1.807, 2.05) is 5.06 Å². The van der Waals surface area contributed by atoms with Gasteiger partial charge in [0.2, 0.25) is 0 Å². The number of rotatable bonds is 4. The summed E-state index contributed by atoms with van der Waals surface area (Å²) < 4.78 is 13.2. The average molecular weight is 469 g/mol. The van der Waals surface area contributed by atoms with Gasteiger partial charge in [-0.25, -0.2) is 0 Å². The molecule has 0 aromatic rings. The molecular formula is C22H33BrN2O4. The molecule has 0 bridgehead atoms. The van der Waals surface area contributed by atoms with Crippen molar-refractivity contribution in [1.82, 2.24) is 9.96 Å². The number of halogens is 1. The second-order valence-electron chi connectivity index (χ2n) is 9.35. The third-order valence-electron chi connectivity index (χ3n) is 7.72. The quantitative estimate of drug-likeness (QED) is 0.684. The smallest absolute Gasteiger partial charge is 0.112 e. The summed E-state index contributed by atoms with van der Waals surface area (Å²) in [5, 5.41) is 12.4. The van der Waals surface area contributed by atoms with Gasteiger partial charge in [-0.2, -0.15) is 0 Å². The molecule has 3 heterocycles. The van der Waals surface area contributed by atoms with Crippen LogP contribution in [0.5, 0.6) is 0 Å². The molecule has 2 aliphatic carbocycles. The fraction of sp³-hybridized carbons (Fsp3) is 0.818. The molecule has 4 unspecified atom stereocenters. The number of hydrogen-bond acceptors (Lipinski definition) is 6. The second kappa shape index (κ2) is 8.15. The zero-order valence-corrected chi connectivity index (χ0v) is 18.9. The Kier molecular flexibility index (Phi) is 5.71. The summed E-state index contributed by atoms with van der Waals surface area (Å²) in [5.41, 5.74) is 1.37. The van der Waals surface area contributed by atoms with Crippen LogP contribution in [0.1, 0.15) is 38.5 Å². The first-order chi connectivity index (χ1) is 14.1. The van der Waals surface area contributed by atoms with Gasteiger partial charge in [0, 0.05) is 36.1 Å². The van der Waals surface area contributed by atoms with Crippen LogP contribution in [-0.2, 0) is 14.3 Å². The first-order valence-corrected chi connectivity index (χ1v) is 12.0. The van der Waals surface area contributed by atoms with Crippen molar-refractivity contribution in [3.63, 3.8) is 0 Å². The molecule has 1 N–H and O–H groups in total. The Morgan fingerprint density at radius 3 is 2.93 bits per heavy atom. The van der Waals surface area contributed by atoms with Gasteiger partial charge in [0.05, 0.1) is 44.1 Å². The zero-order chi connectivity index (χ0) is 20.0. The van der Waals surface area contributed by atoms with Gasteiger partial charge in [0.25, 0.3) is 0 Å². The Hall–Kier alpha value is -0.600. The van der Waals surface area contributed by atoms with Crippen LogP contribution in [0, 0.1) is 17.3 Å². The minimum absolute atomic E-state index is 0.0820. The third-order valence-corrected chi connectivity index (χ3v) is 8.64. The van der Waals surface area contributed by atoms with Crippen LogP contribution in [0.2, 0.25) is 0 Å². The highest BCUT2D eigenvalue weighted by Gasteiger charge is 2.59. The van der Waals surface area contributed by atoms with Crippen molar-refractivity contribution in [1.29, 1.82) is 0 Å². The first-order valence-electron chi connectivity index (χ1n) is 11.2. The maximum atomic E-state index is 10.5. The van der Waals surface area contributed by atoms with Gasteiger partial charge >= 0.3 is 0 Å². The summed E-state index contributed by atoms with van der Waals surface area (Å²) in [5.74, 6) is 2.03. The number of hydroxylamine groups is 2. The van der Waals surface area contributed by atoms with Crippen molar-refractivity contribution in [3.8, 4) is 0 Å². The Balaban J connectivity index is 1.42. The maximum Gasteiger partial charge on any atom is 0.112 e.